The number of nitrogens with zero attached hydrogens (tertiary/aromatic N) is 1. The Labute approximate surface area is 97.9 Å². The summed E-state index contributed by atoms with van der Waals surface area (Å²) in [6.07, 6.45) is 0.658. The van der Waals surface area contributed by atoms with Crippen molar-refractivity contribution in [2.45, 2.75) is 51.4 Å². The minimum Gasteiger partial charge on any atom is -0.391 e. The van der Waals surface area contributed by atoms with Gasteiger partial charge in [0, 0.05) is 18.1 Å². The van der Waals surface area contributed by atoms with Crippen molar-refractivity contribution in [1.29, 1.82) is 0 Å². The minimum atomic E-state index is -0.216. The van der Waals surface area contributed by atoms with Gasteiger partial charge in [-0.05, 0) is 32.8 Å². The summed E-state index contributed by atoms with van der Waals surface area (Å²) < 4.78 is 0. The molecule has 2 rings (SSSR count). The summed E-state index contributed by atoms with van der Waals surface area (Å²) in [5.74, 6) is 0. The van der Waals surface area contributed by atoms with Gasteiger partial charge in [0.05, 0.1) is 6.10 Å². The summed E-state index contributed by atoms with van der Waals surface area (Å²) in [6, 6.07) is 10.9. The number of aliphatic hydroxyl groups is 1. The SMILES string of the molecule is CC1CC(O)C(C)(C)N1Cc1ccccc1. The van der Waals surface area contributed by atoms with Gasteiger partial charge in [0.2, 0.25) is 0 Å². The van der Waals surface area contributed by atoms with Gasteiger partial charge < -0.3 is 5.11 Å². The van der Waals surface area contributed by atoms with Crippen LogP contribution in [0.4, 0.5) is 0 Å². The molecule has 1 N–H and O–H groups in total. The molecule has 0 radical (unpaired) electrons. The number of rotatable bonds is 2. The molecule has 2 unspecified atom stereocenters. The standard InChI is InChI=1S/C14H21NO/c1-11-9-13(16)14(2,3)15(11)10-12-7-5-4-6-8-12/h4-8,11,13,16H,9-10H2,1-3H3. The number of aliphatic hydroxyl groups excluding tert-OH is 1. The molecule has 1 aliphatic heterocycles. The maximum absolute atomic E-state index is 10.0. The monoisotopic (exact) mass is 219 g/mol. The first-order valence-corrected chi connectivity index (χ1v) is 6.00. The Morgan fingerprint density at radius 3 is 2.44 bits per heavy atom. The molecule has 0 spiro atoms. The number of hydrogen-bond donors (Lipinski definition) is 1. The lowest BCUT2D eigenvalue weighted by atomic mass is 9.98. The topological polar surface area (TPSA) is 23.5 Å². The average Bonchev–Trinajstić information content (AvgIpc) is 2.43. The molecule has 2 nitrogen and oxygen atoms in total. The largest absolute Gasteiger partial charge is 0.391 e. The Morgan fingerprint density at radius 2 is 1.94 bits per heavy atom. The molecule has 0 bridgehead atoms. The zero-order chi connectivity index (χ0) is 11.8. The van der Waals surface area contributed by atoms with E-state index in [1.165, 1.54) is 5.56 Å². The van der Waals surface area contributed by atoms with Crippen molar-refractivity contribution < 1.29 is 5.11 Å². The van der Waals surface area contributed by atoms with Crippen molar-refractivity contribution in [2.75, 3.05) is 0 Å². The van der Waals surface area contributed by atoms with Crippen LogP contribution in [0.2, 0.25) is 0 Å². The molecule has 0 aliphatic carbocycles. The van der Waals surface area contributed by atoms with Crippen molar-refractivity contribution >= 4 is 0 Å². The predicted molar refractivity (Wildman–Crippen MR) is 66.1 cm³/mol. The first-order chi connectivity index (χ1) is 7.51. The van der Waals surface area contributed by atoms with Crippen molar-refractivity contribution in [3.63, 3.8) is 0 Å². The van der Waals surface area contributed by atoms with E-state index in [0.29, 0.717) is 6.04 Å². The van der Waals surface area contributed by atoms with Gasteiger partial charge in [-0.1, -0.05) is 30.3 Å². The Balaban J connectivity index is 2.15. The number of likely N-dealkylation sites (tertiary alicyclic amines) is 1. The minimum absolute atomic E-state index is 0.116. The second-order valence-corrected chi connectivity index (χ2v) is 5.37. The fraction of sp³-hybridized carbons (Fsp3) is 0.571. The Bertz CT molecular complexity index is 347. The van der Waals surface area contributed by atoms with E-state index >= 15 is 0 Å². The highest BCUT2D eigenvalue weighted by molar-refractivity contribution is 5.16. The van der Waals surface area contributed by atoms with E-state index in [9.17, 15) is 5.11 Å². The second-order valence-electron chi connectivity index (χ2n) is 5.37. The highest BCUT2D eigenvalue weighted by Crippen LogP contribution is 2.34. The smallest absolute Gasteiger partial charge is 0.0733 e. The molecule has 0 saturated carbocycles. The first-order valence-electron chi connectivity index (χ1n) is 6.00. The molecule has 1 aromatic rings. The van der Waals surface area contributed by atoms with Crippen LogP contribution in [0.25, 0.3) is 0 Å². The molecule has 16 heavy (non-hydrogen) atoms. The lowest BCUT2D eigenvalue weighted by Crippen LogP contribution is -2.46. The van der Waals surface area contributed by atoms with Gasteiger partial charge in [-0.3, -0.25) is 4.90 Å². The first kappa shape index (κ1) is 11.6. The molecule has 2 atom stereocenters. The van der Waals surface area contributed by atoms with Gasteiger partial charge >= 0.3 is 0 Å². The Kier molecular flexibility index (Phi) is 3.04. The van der Waals surface area contributed by atoms with Crippen LogP contribution in [0.15, 0.2) is 30.3 Å². The van der Waals surface area contributed by atoms with Gasteiger partial charge in [0.15, 0.2) is 0 Å². The summed E-state index contributed by atoms with van der Waals surface area (Å²) >= 11 is 0. The molecule has 88 valence electrons. The predicted octanol–water partition coefficient (Wildman–Crippen LogP) is 2.42. The van der Waals surface area contributed by atoms with E-state index in [0.717, 1.165) is 13.0 Å². The quantitative estimate of drug-likeness (QED) is 0.825. The summed E-state index contributed by atoms with van der Waals surface area (Å²) in [6.45, 7) is 7.38. The Morgan fingerprint density at radius 1 is 1.31 bits per heavy atom. The molecule has 1 saturated heterocycles. The average molecular weight is 219 g/mol. The second kappa shape index (κ2) is 4.19. The van der Waals surface area contributed by atoms with Crippen LogP contribution in [0.5, 0.6) is 0 Å². The Hall–Kier alpha value is -0.860. The van der Waals surface area contributed by atoms with Crippen LogP contribution in [-0.2, 0) is 6.54 Å². The number of hydrogen-bond acceptors (Lipinski definition) is 2. The van der Waals surface area contributed by atoms with Crippen LogP contribution in [0, 0.1) is 0 Å². The normalized spacial score (nSPS) is 29.5. The summed E-state index contributed by atoms with van der Waals surface area (Å²) in [7, 11) is 0. The van der Waals surface area contributed by atoms with Crippen molar-refractivity contribution in [3.05, 3.63) is 35.9 Å². The summed E-state index contributed by atoms with van der Waals surface area (Å²) in [4.78, 5) is 2.40. The van der Waals surface area contributed by atoms with Crippen molar-refractivity contribution in [1.82, 2.24) is 4.90 Å². The van der Waals surface area contributed by atoms with E-state index in [1.807, 2.05) is 6.07 Å². The van der Waals surface area contributed by atoms with Gasteiger partial charge in [-0.15, -0.1) is 0 Å². The molecular weight excluding hydrogens is 198 g/mol. The van der Waals surface area contributed by atoms with E-state index in [2.05, 4.69) is 49.9 Å². The third-order valence-electron chi connectivity index (χ3n) is 3.85. The van der Waals surface area contributed by atoms with E-state index in [1.54, 1.807) is 0 Å². The summed E-state index contributed by atoms with van der Waals surface area (Å²) in [5, 5.41) is 10.0. The third kappa shape index (κ3) is 2.00. The molecule has 0 amide bonds. The van der Waals surface area contributed by atoms with Gasteiger partial charge in [-0.25, -0.2) is 0 Å². The van der Waals surface area contributed by atoms with Gasteiger partial charge in [0.25, 0.3) is 0 Å². The highest BCUT2D eigenvalue weighted by Gasteiger charge is 2.44. The van der Waals surface area contributed by atoms with Crippen LogP contribution in [-0.4, -0.2) is 27.7 Å². The van der Waals surface area contributed by atoms with Gasteiger partial charge in [0.1, 0.15) is 0 Å². The summed E-state index contributed by atoms with van der Waals surface area (Å²) in [5.41, 5.74) is 1.20. The van der Waals surface area contributed by atoms with Crippen LogP contribution < -0.4 is 0 Å². The lowest BCUT2D eigenvalue weighted by molar-refractivity contribution is 0.0423. The molecule has 2 heteroatoms. The molecule has 1 heterocycles. The maximum atomic E-state index is 10.0. The molecule has 1 aliphatic rings. The van der Waals surface area contributed by atoms with Crippen LogP contribution in [0.3, 0.4) is 0 Å². The fourth-order valence-corrected chi connectivity index (χ4v) is 2.64. The molecule has 1 fully saturated rings. The highest BCUT2D eigenvalue weighted by atomic mass is 16.3. The van der Waals surface area contributed by atoms with E-state index in [4.69, 9.17) is 0 Å². The zero-order valence-electron chi connectivity index (χ0n) is 10.4. The number of benzene rings is 1. The lowest BCUT2D eigenvalue weighted by Gasteiger charge is -2.36. The van der Waals surface area contributed by atoms with Crippen molar-refractivity contribution in [2.24, 2.45) is 0 Å². The van der Waals surface area contributed by atoms with E-state index < -0.39 is 0 Å². The van der Waals surface area contributed by atoms with Crippen molar-refractivity contribution in [3.8, 4) is 0 Å². The molecular formula is C14H21NO. The molecule has 0 aromatic heterocycles. The maximum Gasteiger partial charge on any atom is 0.0733 e. The fourth-order valence-electron chi connectivity index (χ4n) is 2.64. The zero-order valence-corrected chi connectivity index (χ0v) is 10.4. The van der Waals surface area contributed by atoms with Crippen LogP contribution in [0.1, 0.15) is 32.8 Å². The van der Waals surface area contributed by atoms with E-state index in [-0.39, 0.29) is 11.6 Å². The van der Waals surface area contributed by atoms with Gasteiger partial charge in [-0.2, -0.15) is 0 Å². The molecule has 1 aromatic carbocycles. The third-order valence-corrected chi connectivity index (χ3v) is 3.85. The van der Waals surface area contributed by atoms with Crippen LogP contribution >= 0.6 is 0 Å².